The lowest BCUT2D eigenvalue weighted by Gasteiger charge is -2.07. The fourth-order valence-electron chi connectivity index (χ4n) is 2.89. The number of nitrogens with one attached hydrogen (secondary N) is 2. The van der Waals surface area contributed by atoms with E-state index in [9.17, 15) is 4.79 Å². The molecule has 126 valence electrons. The second-order valence-corrected chi connectivity index (χ2v) is 6.04. The summed E-state index contributed by atoms with van der Waals surface area (Å²) in [7, 11) is 3.28. The van der Waals surface area contributed by atoms with E-state index in [1.165, 1.54) is 7.11 Å². The number of aromatic nitrogens is 3. The molecule has 0 bridgehead atoms. The number of carbonyl (C=O) groups excluding carboxylic acids is 1. The molecule has 3 rings (SSSR count). The normalized spacial score (nSPS) is 11.0. The van der Waals surface area contributed by atoms with Crippen molar-refractivity contribution in [2.75, 3.05) is 13.7 Å². The van der Waals surface area contributed by atoms with Gasteiger partial charge in [-0.1, -0.05) is 11.6 Å². The van der Waals surface area contributed by atoms with Crippen LogP contribution < -0.4 is 10.1 Å². The van der Waals surface area contributed by atoms with Gasteiger partial charge in [-0.3, -0.25) is 4.79 Å². The molecule has 2 N–H and O–H groups in total. The van der Waals surface area contributed by atoms with Gasteiger partial charge in [0.05, 0.1) is 12.8 Å². The lowest BCUT2D eigenvalue weighted by atomic mass is 10.1. The van der Waals surface area contributed by atoms with Crippen molar-refractivity contribution in [3.63, 3.8) is 0 Å². The van der Waals surface area contributed by atoms with E-state index in [0.29, 0.717) is 35.1 Å². The molecule has 24 heavy (non-hydrogen) atoms. The quantitative estimate of drug-likeness (QED) is 0.746. The first-order valence-corrected chi connectivity index (χ1v) is 8.00. The van der Waals surface area contributed by atoms with Crippen molar-refractivity contribution >= 4 is 28.4 Å². The van der Waals surface area contributed by atoms with Gasteiger partial charge in [0.1, 0.15) is 5.56 Å². The zero-order valence-corrected chi connectivity index (χ0v) is 14.6. The van der Waals surface area contributed by atoms with Crippen molar-refractivity contribution in [3.05, 3.63) is 46.2 Å². The van der Waals surface area contributed by atoms with Crippen LogP contribution in [0.3, 0.4) is 0 Å². The molecule has 7 heteroatoms. The SMILES string of the molecule is COc1c(C(=O)NCCc2c[nH]c3ccc(Cl)cc23)c(C)nn1C. The number of halogens is 1. The van der Waals surface area contributed by atoms with Gasteiger partial charge in [-0.15, -0.1) is 0 Å². The number of ether oxygens (including phenoxy) is 1. The van der Waals surface area contributed by atoms with Crippen LogP contribution in [0.15, 0.2) is 24.4 Å². The molecule has 1 aromatic carbocycles. The molecule has 0 saturated heterocycles. The van der Waals surface area contributed by atoms with E-state index in [-0.39, 0.29) is 5.91 Å². The van der Waals surface area contributed by atoms with Crippen LogP contribution in [-0.2, 0) is 13.5 Å². The van der Waals surface area contributed by atoms with E-state index < -0.39 is 0 Å². The summed E-state index contributed by atoms with van der Waals surface area (Å²) in [5.41, 5.74) is 3.26. The van der Waals surface area contributed by atoms with Crippen LogP contribution in [-0.4, -0.2) is 34.3 Å². The summed E-state index contributed by atoms with van der Waals surface area (Å²) in [6.07, 6.45) is 2.65. The van der Waals surface area contributed by atoms with E-state index in [0.717, 1.165) is 16.5 Å². The Morgan fingerprint density at radius 3 is 3.00 bits per heavy atom. The first kappa shape index (κ1) is 16.4. The Bertz CT molecular complexity index is 898. The number of rotatable bonds is 5. The molecule has 2 aromatic heterocycles. The number of nitrogens with zero attached hydrogens (tertiary/aromatic N) is 2. The standard InChI is InChI=1S/C17H19ClN4O2/c1-10-15(17(24-3)22(2)21-10)16(23)19-7-6-11-9-20-14-5-4-12(18)8-13(11)14/h4-5,8-9,20H,6-7H2,1-3H3,(H,19,23). The summed E-state index contributed by atoms with van der Waals surface area (Å²) < 4.78 is 6.82. The summed E-state index contributed by atoms with van der Waals surface area (Å²) in [6, 6.07) is 5.73. The highest BCUT2D eigenvalue weighted by molar-refractivity contribution is 6.31. The summed E-state index contributed by atoms with van der Waals surface area (Å²) in [5, 5.41) is 8.92. The van der Waals surface area contributed by atoms with Gasteiger partial charge < -0.3 is 15.0 Å². The van der Waals surface area contributed by atoms with Gasteiger partial charge in [0.15, 0.2) is 0 Å². The van der Waals surface area contributed by atoms with Gasteiger partial charge in [0.2, 0.25) is 5.88 Å². The number of fused-ring (bicyclic) bond motifs is 1. The number of carbonyl (C=O) groups is 1. The third kappa shape index (κ3) is 2.97. The molecule has 6 nitrogen and oxygen atoms in total. The van der Waals surface area contributed by atoms with Crippen molar-refractivity contribution in [2.45, 2.75) is 13.3 Å². The minimum atomic E-state index is -0.185. The Hall–Kier alpha value is -2.47. The Morgan fingerprint density at radius 1 is 1.46 bits per heavy atom. The van der Waals surface area contributed by atoms with Gasteiger partial charge in [-0.2, -0.15) is 5.10 Å². The van der Waals surface area contributed by atoms with Crippen LogP contribution in [0, 0.1) is 6.92 Å². The first-order chi connectivity index (χ1) is 11.5. The van der Waals surface area contributed by atoms with Gasteiger partial charge in [-0.05, 0) is 37.1 Å². The molecule has 0 aliphatic rings. The van der Waals surface area contributed by atoms with Crippen LogP contribution in [0.2, 0.25) is 5.02 Å². The van der Waals surface area contributed by atoms with Crippen molar-refractivity contribution in [3.8, 4) is 5.88 Å². The molecule has 0 atom stereocenters. The highest BCUT2D eigenvalue weighted by atomic mass is 35.5. The maximum Gasteiger partial charge on any atom is 0.258 e. The molecular formula is C17H19ClN4O2. The van der Waals surface area contributed by atoms with E-state index >= 15 is 0 Å². The number of aromatic amines is 1. The topological polar surface area (TPSA) is 71.9 Å². The lowest BCUT2D eigenvalue weighted by Crippen LogP contribution is -2.26. The number of amides is 1. The zero-order valence-electron chi connectivity index (χ0n) is 13.8. The van der Waals surface area contributed by atoms with Crippen LogP contribution in [0.1, 0.15) is 21.6 Å². The molecule has 0 spiro atoms. The molecule has 0 unspecified atom stereocenters. The maximum absolute atomic E-state index is 12.4. The van der Waals surface area contributed by atoms with Crippen molar-refractivity contribution < 1.29 is 9.53 Å². The number of methoxy groups -OCH3 is 1. The summed E-state index contributed by atoms with van der Waals surface area (Å²) in [4.78, 5) is 15.6. The van der Waals surface area contributed by atoms with Gasteiger partial charge in [0, 0.05) is 35.7 Å². The molecule has 0 fully saturated rings. The maximum atomic E-state index is 12.4. The Balaban J connectivity index is 1.70. The monoisotopic (exact) mass is 346 g/mol. The smallest absolute Gasteiger partial charge is 0.258 e. The summed E-state index contributed by atoms with van der Waals surface area (Å²) in [6.45, 7) is 2.30. The zero-order chi connectivity index (χ0) is 17.3. The Morgan fingerprint density at radius 2 is 2.25 bits per heavy atom. The van der Waals surface area contributed by atoms with E-state index in [1.54, 1.807) is 18.7 Å². The average Bonchev–Trinajstić information content (AvgIpc) is 3.07. The average molecular weight is 347 g/mol. The van der Waals surface area contributed by atoms with Crippen LogP contribution in [0.25, 0.3) is 10.9 Å². The number of hydrogen-bond acceptors (Lipinski definition) is 3. The van der Waals surface area contributed by atoms with Crippen LogP contribution in [0.4, 0.5) is 0 Å². The van der Waals surface area contributed by atoms with Crippen molar-refractivity contribution in [1.82, 2.24) is 20.1 Å². The molecular weight excluding hydrogens is 328 g/mol. The fraction of sp³-hybridized carbons (Fsp3) is 0.294. The van der Waals surface area contributed by atoms with Gasteiger partial charge in [0.25, 0.3) is 5.91 Å². The molecule has 0 aliphatic carbocycles. The van der Waals surface area contributed by atoms with E-state index in [1.807, 2.05) is 24.4 Å². The number of aryl methyl sites for hydroxylation is 2. The number of hydrogen-bond donors (Lipinski definition) is 2. The summed E-state index contributed by atoms with van der Waals surface area (Å²) in [5.74, 6) is 0.277. The van der Waals surface area contributed by atoms with Crippen LogP contribution in [0.5, 0.6) is 5.88 Å². The minimum Gasteiger partial charge on any atom is -0.481 e. The Labute approximate surface area is 144 Å². The molecule has 2 heterocycles. The largest absolute Gasteiger partial charge is 0.481 e. The molecule has 0 saturated carbocycles. The van der Waals surface area contributed by atoms with E-state index in [4.69, 9.17) is 16.3 Å². The highest BCUT2D eigenvalue weighted by Gasteiger charge is 2.20. The predicted molar refractivity (Wildman–Crippen MR) is 93.8 cm³/mol. The van der Waals surface area contributed by atoms with Gasteiger partial charge in [-0.25, -0.2) is 4.68 Å². The first-order valence-electron chi connectivity index (χ1n) is 7.62. The van der Waals surface area contributed by atoms with E-state index in [2.05, 4.69) is 15.4 Å². The third-order valence-electron chi connectivity index (χ3n) is 4.00. The van der Waals surface area contributed by atoms with Crippen molar-refractivity contribution in [2.24, 2.45) is 7.05 Å². The second kappa shape index (κ2) is 6.57. The molecule has 1 amide bonds. The van der Waals surface area contributed by atoms with Crippen molar-refractivity contribution in [1.29, 1.82) is 0 Å². The molecule has 0 radical (unpaired) electrons. The number of benzene rings is 1. The minimum absolute atomic E-state index is 0.185. The summed E-state index contributed by atoms with van der Waals surface area (Å²) >= 11 is 6.06. The molecule has 0 aliphatic heterocycles. The molecule has 3 aromatic rings. The Kier molecular flexibility index (Phi) is 4.49. The van der Waals surface area contributed by atoms with Gasteiger partial charge >= 0.3 is 0 Å². The number of H-pyrrole nitrogens is 1. The van der Waals surface area contributed by atoms with Crippen LogP contribution >= 0.6 is 11.6 Å². The highest BCUT2D eigenvalue weighted by Crippen LogP contribution is 2.23. The fourth-order valence-corrected chi connectivity index (χ4v) is 3.06. The predicted octanol–water partition coefficient (Wildman–Crippen LogP) is 2.84. The second-order valence-electron chi connectivity index (χ2n) is 5.60. The lowest BCUT2D eigenvalue weighted by molar-refractivity contribution is 0.0950. The third-order valence-corrected chi connectivity index (χ3v) is 4.23.